The second-order valence-electron chi connectivity index (χ2n) is 4.14. The molecule has 0 atom stereocenters. The maximum atomic E-state index is 11.9. The van der Waals surface area contributed by atoms with Crippen LogP contribution in [0.15, 0.2) is 45.9 Å². The van der Waals surface area contributed by atoms with Crippen molar-refractivity contribution in [2.75, 3.05) is 5.73 Å². The van der Waals surface area contributed by atoms with Gasteiger partial charge in [-0.2, -0.15) is 18.4 Å². The molecule has 0 saturated carbocycles. The Morgan fingerprint density at radius 2 is 1.78 bits per heavy atom. The van der Waals surface area contributed by atoms with Crippen LogP contribution in [0.1, 0.15) is 20.8 Å². The first-order chi connectivity index (χ1) is 8.31. The molecule has 0 amide bonds. The third kappa shape index (κ3) is 4.21. The van der Waals surface area contributed by atoms with E-state index in [1.54, 1.807) is 13.0 Å². The SMILES string of the molecule is CC(C)=C/C(C)=N/NS(=O)(=O)c1ccc(N)cc1. The van der Waals surface area contributed by atoms with E-state index in [1.165, 1.54) is 24.3 Å². The Kier molecular flexibility index (Phi) is 4.49. The summed E-state index contributed by atoms with van der Waals surface area (Å²) in [7, 11) is -3.63. The summed E-state index contributed by atoms with van der Waals surface area (Å²) in [5.74, 6) is 0. The van der Waals surface area contributed by atoms with Crippen LogP contribution < -0.4 is 10.6 Å². The van der Waals surface area contributed by atoms with Gasteiger partial charge in [-0.15, -0.1) is 0 Å². The van der Waals surface area contributed by atoms with Gasteiger partial charge in [0.25, 0.3) is 10.0 Å². The standard InChI is InChI=1S/C12H17N3O2S/c1-9(2)8-10(3)14-15-18(16,17)12-6-4-11(13)5-7-12/h4-8,15H,13H2,1-3H3/b14-10+. The van der Waals surface area contributed by atoms with Crippen molar-refractivity contribution in [3.63, 3.8) is 0 Å². The van der Waals surface area contributed by atoms with Crippen LogP contribution in [0.3, 0.4) is 0 Å². The van der Waals surface area contributed by atoms with Crippen LogP contribution in [0.5, 0.6) is 0 Å². The van der Waals surface area contributed by atoms with Crippen molar-refractivity contribution in [1.82, 2.24) is 4.83 Å². The number of hydrazone groups is 1. The van der Waals surface area contributed by atoms with E-state index in [4.69, 9.17) is 5.73 Å². The van der Waals surface area contributed by atoms with Gasteiger partial charge in [-0.3, -0.25) is 0 Å². The number of nitrogen functional groups attached to an aromatic ring is 1. The van der Waals surface area contributed by atoms with Crippen LogP contribution in [-0.4, -0.2) is 14.1 Å². The number of allylic oxidation sites excluding steroid dienone is 2. The summed E-state index contributed by atoms with van der Waals surface area (Å²) < 4.78 is 23.7. The predicted molar refractivity (Wildman–Crippen MR) is 73.7 cm³/mol. The molecule has 0 aromatic heterocycles. The third-order valence-corrected chi connectivity index (χ3v) is 3.25. The first kappa shape index (κ1) is 14.2. The van der Waals surface area contributed by atoms with E-state index in [0.717, 1.165) is 5.57 Å². The molecule has 0 aliphatic rings. The number of sulfonamides is 1. The number of hydrogen-bond donors (Lipinski definition) is 2. The molecule has 0 fully saturated rings. The molecule has 1 rings (SSSR count). The maximum Gasteiger partial charge on any atom is 0.276 e. The lowest BCUT2D eigenvalue weighted by atomic mass is 10.3. The lowest BCUT2D eigenvalue weighted by molar-refractivity contribution is 0.584. The highest BCUT2D eigenvalue weighted by molar-refractivity contribution is 7.89. The fourth-order valence-electron chi connectivity index (χ4n) is 1.28. The number of nitrogens with zero attached hydrogens (tertiary/aromatic N) is 1. The molecule has 0 aliphatic heterocycles. The van der Waals surface area contributed by atoms with Crippen molar-refractivity contribution >= 4 is 21.4 Å². The highest BCUT2D eigenvalue weighted by atomic mass is 32.2. The lowest BCUT2D eigenvalue weighted by Crippen LogP contribution is -2.19. The van der Waals surface area contributed by atoms with Gasteiger partial charge in [-0.1, -0.05) is 5.57 Å². The molecule has 0 heterocycles. The number of anilines is 1. The average Bonchev–Trinajstić information content (AvgIpc) is 2.26. The molecule has 0 spiro atoms. The Bertz CT molecular complexity index is 568. The number of hydrogen-bond acceptors (Lipinski definition) is 4. The van der Waals surface area contributed by atoms with Crippen LogP contribution in [0.25, 0.3) is 0 Å². The summed E-state index contributed by atoms with van der Waals surface area (Å²) in [4.78, 5) is 2.30. The minimum atomic E-state index is -3.63. The van der Waals surface area contributed by atoms with Gasteiger partial charge < -0.3 is 5.73 Å². The zero-order valence-corrected chi connectivity index (χ0v) is 11.5. The predicted octanol–water partition coefficient (Wildman–Crippen LogP) is 1.89. The Hall–Kier alpha value is -1.82. The minimum absolute atomic E-state index is 0.130. The summed E-state index contributed by atoms with van der Waals surface area (Å²) >= 11 is 0. The highest BCUT2D eigenvalue weighted by Crippen LogP contribution is 2.11. The fourth-order valence-corrected chi connectivity index (χ4v) is 2.15. The number of benzene rings is 1. The second-order valence-corrected chi connectivity index (χ2v) is 5.80. The molecule has 1 aromatic rings. The Balaban J connectivity index is 2.90. The zero-order valence-electron chi connectivity index (χ0n) is 10.6. The van der Waals surface area contributed by atoms with E-state index in [1.807, 2.05) is 13.8 Å². The largest absolute Gasteiger partial charge is 0.399 e. The average molecular weight is 267 g/mol. The van der Waals surface area contributed by atoms with Crippen molar-refractivity contribution < 1.29 is 8.42 Å². The van der Waals surface area contributed by atoms with Crippen LogP contribution in [0.4, 0.5) is 5.69 Å². The summed E-state index contributed by atoms with van der Waals surface area (Å²) in [6.45, 7) is 5.54. The van der Waals surface area contributed by atoms with Gasteiger partial charge in [0.05, 0.1) is 10.6 Å². The molecular formula is C12H17N3O2S. The molecule has 0 saturated heterocycles. The van der Waals surface area contributed by atoms with Crippen LogP contribution in [0.2, 0.25) is 0 Å². The van der Waals surface area contributed by atoms with Crippen LogP contribution in [-0.2, 0) is 10.0 Å². The monoisotopic (exact) mass is 267 g/mol. The summed E-state index contributed by atoms with van der Waals surface area (Å²) in [6.07, 6.45) is 1.78. The third-order valence-electron chi connectivity index (χ3n) is 2.03. The molecule has 1 aromatic carbocycles. The van der Waals surface area contributed by atoms with Crippen LogP contribution >= 0.6 is 0 Å². The fraction of sp³-hybridized carbons (Fsp3) is 0.250. The minimum Gasteiger partial charge on any atom is -0.399 e. The Morgan fingerprint density at radius 3 is 2.28 bits per heavy atom. The molecule has 98 valence electrons. The van der Waals surface area contributed by atoms with Crippen molar-refractivity contribution in [1.29, 1.82) is 0 Å². The van der Waals surface area contributed by atoms with Crippen molar-refractivity contribution in [3.05, 3.63) is 35.9 Å². The van der Waals surface area contributed by atoms with Gasteiger partial charge in [-0.25, -0.2) is 0 Å². The van der Waals surface area contributed by atoms with Gasteiger partial charge in [0.2, 0.25) is 0 Å². The molecule has 5 nitrogen and oxygen atoms in total. The van der Waals surface area contributed by atoms with Crippen LogP contribution in [0, 0.1) is 0 Å². The quantitative estimate of drug-likeness (QED) is 0.496. The molecule has 0 bridgehead atoms. The van der Waals surface area contributed by atoms with Gasteiger partial charge >= 0.3 is 0 Å². The van der Waals surface area contributed by atoms with Gasteiger partial charge in [0.1, 0.15) is 0 Å². The number of nitrogens with one attached hydrogen (secondary N) is 1. The lowest BCUT2D eigenvalue weighted by Gasteiger charge is -2.04. The van der Waals surface area contributed by atoms with E-state index < -0.39 is 10.0 Å². The molecule has 6 heteroatoms. The van der Waals surface area contributed by atoms with Crippen molar-refractivity contribution in [3.8, 4) is 0 Å². The summed E-state index contributed by atoms with van der Waals surface area (Å²) in [6, 6.07) is 5.93. The Labute approximate surface area is 107 Å². The van der Waals surface area contributed by atoms with Crippen molar-refractivity contribution in [2.45, 2.75) is 25.7 Å². The summed E-state index contributed by atoms with van der Waals surface area (Å²) in [5, 5.41) is 3.81. The molecular weight excluding hydrogens is 250 g/mol. The van der Waals surface area contributed by atoms with E-state index in [2.05, 4.69) is 9.93 Å². The molecule has 0 aliphatic carbocycles. The number of rotatable bonds is 4. The summed E-state index contributed by atoms with van der Waals surface area (Å²) in [5.41, 5.74) is 7.64. The van der Waals surface area contributed by atoms with Gasteiger partial charge in [-0.05, 0) is 51.1 Å². The second kappa shape index (κ2) is 5.68. The number of nitrogens with two attached hydrogens (primary N) is 1. The topological polar surface area (TPSA) is 84.5 Å². The van der Waals surface area contributed by atoms with E-state index in [0.29, 0.717) is 11.4 Å². The normalized spacial score (nSPS) is 12.1. The van der Waals surface area contributed by atoms with E-state index in [9.17, 15) is 8.42 Å². The smallest absolute Gasteiger partial charge is 0.276 e. The van der Waals surface area contributed by atoms with E-state index in [-0.39, 0.29) is 4.90 Å². The molecule has 0 radical (unpaired) electrons. The first-order valence-corrected chi connectivity index (χ1v) is 6.86. The zero-order chi connectivity index (χ0) is 13.8. The van der Waals surface area contributed by atoms with Gasteiger partial charge in [0.15, 0.2) is 0 Å². The van der Waals surface area contributed by atoms with E-state index >= 15 is 0 Å². The molecule has 18 heavy (non-hydrogen) atoms. The highest BCUT2D eigenvalue weighted by Gasteiger charge is 2.11. The van der Waals surface area contributed by atoms with Crippen molar-refractivity contribution in [2.24, 2.45) is 5.10 Å². The maximum absolute atomic E-state index is 11.9. The molecule has 3 N–H and O–H groups in total. The Morgan fingerprint density at radius 1 is 1.22 bits per heavy atom. The first-order valence-electron chi connectivity index (χ1n) is 5.38. The molecule has 0 unspecified atom stereocenters. The van der Waals surface area contributed by atoms with Gasteiger partial charge in [0, 0.05) is 5.69 Å².